The van der Waals surface area contributed by atoms with E-state index in [1.807, 2.05) is 0 Å². The molecule has 0 N–H and O–H groups in total. The van der Waals surface area contributed by atoms with E-state index in [2.05, 4.69) is 247 Å². The number of hydrogen-bond acceptors (Lipinski definition) is 2. The minimum absolute atomic E-state index is 0.123. The quantitative estimate of drug-likeness (QED) is 0.160. The van der Waals surface area contributed by atoms with Crippen molar-refractivity contribution in [1.29, 1.82) is 0 Å². The highest BCUT2D eigenvalue weighted by atomic mass is 15.2. The second-order valence-corrected chi connectivity index (χ2v) is 20.0. The van der Waals surface area contributed by atoms with Gasteiger partial charge in [0.25, 0.3) is 0 Å². The molecule has 62 heavy (non-hydrogen) atoms. The van der Waals surface area contributed by atoms with E-state index in [1.54, 1.807) is 0 Å². The topological polar surface area (TPSA) is 6.48 Å². The van der Waals surface area contributed by atoms with Gasteiger partial charge < -0.3 is 9.80 Å². The van der Waals surface area contributed by atoms with E-state index in [1.165, 1.54) is 101 Å². The molecule has 0 fully saturated rings. The first-order valence-electron chi connectivity index (χ1n) is 22.3. The Labute approximate surface area is 368 Å². The van der Waals surface area contributed by atoms with Crippen molar-refractivity contribution >= 4 is 47.1 Å². The van der Waals surface area contributed by atoms with Crippen molar-refractivity contribution in [2.75, 3.05) is 9.80 Å². The van der Waals surface area contributed by atoms with Crippen LogP contribution in [0.2, 0.25) is 0 Å². The minimum Gasteiger partial charge on any atom is -0.332 e. The molecule has 2 heteroatoms. The third kappa shape index (κ3) is 5.83. The van der Waals surface area contributed by atoms with Crippen LogP contribution in [-0.2, 0) is 10.8 Å². The number of rotatable bonds is 5. The summed E-state index contributed by atoms with van der Waals surface area (Å²) >= 11 is 0. The van der Waals surface area contributed by atoms with E-state index < -0.39 is 0 Å². The highest BCUT2D eigenvalue weighted by molar-refractivity contribution is 5.89. The van der Waals surface area contributed by atoms with E-state index in [0.29, 0.717) is 0 Å². The lowest BCUT2D eigenvalue weighted by Gasteiger charge is -2.42. The highest BCUT2D eigenvalue weighted by Gasteiger charge is 2.39. The predicted octanol–water partition coefficient (Wildman–Crippen LogP) is 16.0. The number of benzene rings is 7. The number of para-hydroxylation sites is 2. The van der Waals surface area contributed by atoms with E-state index >= 15 is 0 Å². The molecule has 2 aliphatic carbocycles. The Hall–Kier alpha value is -6.64. The summed E-state index contributed by atoms with van der Waals surface area (Å²) in [5.74, 6) is 0. The highest BCUT2D eigenvalue weighted by Crippen LogP contribution is 2.53. The normalized spacial score (nSPS) is 17.6. The Morgan fingerprint density at radius 1 is 0.371 bits per heavy atom. The lowest BCUT2D eigenvalue weighted by molar-refractivity contribution is 0.622. The molecular formula is C60H54N2. The Morgan fingerprint density at radius 2 is 0.774 bits per heavy atom. The van der Waals surface area contributed by atoms with Gasteiger partial charge in [-0.25, -0.2) is 0 Å². The van der Waals surface area contributed by atoms with E-state index in [9.17, 15) is 0 Å². The molecule has 11 rings (SSSR count). The molecule has 0 radical (unpaired) electrons. The van der Waals surface area contributed by atoms with Gasteiger partial charge in [-0.2, -0.15) is 0 Å². The van der Waals surface area contributed by atoms with Crippen molar-refractivity contribution in [2.24, 2.45) is 0 Å². The maximum atomic E-state index is 2.50. The van der Waals surface area contributed by atoms with Crippen LogP contribution < -0.4 is 9.80 Å². The number of nitrogens with zero attached hydrogens (tertiary/aromatic N) is 2. The van der Waals surface area contributed by atoms with Crippen LogP contribution in [0.5, 0.6) is 0 Å². The molecule has 0 saturated carbocycles. The lowest BCUT2D eigenvalue weighted by atomic mass is 9.81. The summed E-state index contributed by atoms with van der Waals surface area (Å²) < 4.78 is 0. The maximum Gasteiger partial charge on any atom is 0.0580 e. The molecule has 7 aromatic rings. The van der Waals surface area contributed by atoms with Crippen LogP contribution in [0.1, 0.15) is 99.9 Å². The van der Waals surface area contributed by atoms with E-state index in [0.717, 1.165) is 0 Å². The summed E-state index contributed by atoms with van der Waals surface area (Å²) in [6.45, 7) is 18.7. The molecule has 0 aromatic heterocycles. The van der Waals surface area contributed by atoms with Gasteiger partial charge in [-0.05, 0) is 148 Å². The van der Waals surface area contributed by atoms with Crippen molar-refractivity contribution in [3.8, 4) is 33.4 Å². The molecule has 0 atom stereocenters. The molecule has 2 heterocycles. The van der Waals surface area contributed by atoms with Crippen LogP contribution in [0.4, 0.5) is 22.7 Å². The van der Waals surface area contributed by atoms with Crippen molar-refractivity contribution in [2.45, 2.75) is 77.3 Å². The average molecular weight is 803 g/mol. The van der Waals surface area contributed by atoms with Crippen molar-refractivity contribution in [3.63, 3.8) is 0 Å². The van der Waals surface area contributed by atoms with Gasteiger partial charge >= 0.3 is 0 Å². The first-order chi connectivity index (χ1) is 29.7. The summed E-state index contributed by atoms with van der Waals surface area (Å²) in [5.41, 5.74) is 22.8. The van der Waals surface area contributed by atoms with Crippen LogP contribution in [0.3, 0.4) is 0 Å². The molecule has 7 aromatic carbocycles. The fraction of sp³-hybridized carbons (Fsp3) is 0.200. The van der Waals surface area contributed by atoms with Crippen LogP contribution in [-0.4, -0.2) is 11.1 Å². The number of fused-ring (bicyclic) bond motifs is 8. The number of hydrogen-bond donors (Lipinski definition) is 0. The molecule has 0 bridgehead atoms. The molecule has 0 saturated heterocycles. The van der Waals surface area contributed by atoms with E-state index in [4.69, 9.17) is 0 Å². The van der Waals surface area contributed by atoms with Gasteiger partial charge in [0, 0.05) is 33.6 Å². The fourth-order valence-corrected chi connectivity index (χ4v) is 11.0. The van der Waals surface area contributed by atoms with Crippen LogP contribution in [0.15, 0.2) is 158 Å². The standard InChI is InChI=1S/C60H54N2/c1-57(2)33-31-42-13-9-11-15-55(42)61(57)45-24-21-41(22-25-45)44-23-29-49-47-27-19-39(35-51(47)59(5,6)53(49)37-44)17-18-40-20-28-48-50-30-26-46(38-54(50)60(7,8)52(48)36-40)62-56-16-12-10-14-43(56)32-34-58(62,3)4/h9-38H,1-8H3/b18-17+. The smallest absolute Gasteiger partial charge is 0.0580 e. The molecule has 304 valence electrons. The first kappa shape index (κ1) is 38.3. The first-order valence-corrected chi connectivity index (χ1v) is 22.3. The minimum atomic E-state index is -0.139. The van der Waals surface area contributed by atoms with Crippen LogP contribution in [0, 0.1) is 0 Å². The third-order valence-corrected chi connectivity index (χ3v) is 14.4. The van der Waals surface area contributed by atoms with Crippen molar-refractivity contribution in [1.82, 2.24) is 0 Å². The zero-order chi connectivity index (χ0) is 42.8. The summed E-state index contributed by atoms with van der Waals surface area (Å²) in [7, 11) is 0. The summed E-state index contributed by atoms with van der Waals surface area (Å²) in [5, 5.41) is 0. The Kier molecular flexibility index (Phi) is 8.29. The maximum absolute atomic E-state index is 2.50. The Morgan fingerprint density at radius 3 is 1.31 bits per heavy atom. The largest absolute Gasteiger partial charge is 0.332 e. The van der Waals surface area contributed by atoms with Gasteiger partial charge in [-0.15, -0.1) is 0 Å². The fourth-order valence-electron chi connectivity index (χ4n) is 11.0. The van der Waals surface area contributed by atoms with Crippen molar-refractivity contribution in [3.05, 3.63) is 202 Å². The van der Waals surface area contributed by atoms with Gasteiger partial charge in [0.15, 0.2) is 0 Å². The second-order valence-electron chi connectivity index (χ2n) is 20.0. The average Bonchev–Trinajstić information content (AvgIpc) is 3.63. The van der Waals surface area contributed by atoms with Gasteiger partial charge in [0.2, 0.25) is 0 Å². The predicted molar refractivity (Wildman–Crippen MR) is 266 cm³/mol. The lowest BCUT2D eigenvalue weighted by Crippen LogP contribution is -2.40. The summed E-state index contributed by atoms with van der Waals surface area (Å²) in [6, 6.07) is 54.8. The van der Waals surface area contributed by atoms with Crippen LogP contribution in [0.25, 0.3) is 57.7 Å². The van der Waals surface area contributed by atoms with E-state index in [-0.39, 0.29) is 21.9 Å². The second kappa shape index (κ2) is 13.4. The molecule has 0 spiro atoms. The summed E-state index contributed by atoms with van der Waals surface area (Å²) in [6.07, 6.45) is 13.7. The third-order valence-electron chi connectivity index (χ3n) is 14.4. The van der Waals surface area contributed by atoms with Crippen molar-refractivity contribution < 1.29 is 0 Å². The number of anilines is 4. The SMILES string of the molecule is CC1(C)c2cc(/C=C/c3ccc4c(c3)C(C)(C)c3cc(N5c6ccccc6C=CC5(C)C)ccc3-4)ccc2-c2ccc(-c3ccc(N4c5ccccc5C=CC4(C)C)cc3)cc21. The van der Waals surface area contributed by atoms with Crippen LogP contribution >= 0.6 is 0 Å². The van der Waals surface area contributed by atoms with Gasteiger partial charge in [-0.3, -0.25) is 0 Å². The molecule has 2 aliphatic heterocycles. The van der Waals surface area contributed by atoms with Gasteiger partial charge in [0.05, 0.1) is 11.1 Å². The molecule has 0 amide bonds. The summed E-state index contributed by atoms with van der Waals surface area (Å²) in [4.78, 5) is 4.95. The van der Waals surface area contributed by atoms with Gasteiger partial charge in [-0.1, -0.05) is 167 Å². The zero-order valence-corrected chi connectivity index (χ0v) is 37.2. The zero-order valence-electron chi connectivity index (χ0n) is 37.2. The monoisotopic (exact) mass is 802 g/mol. The molecule has 2 nitrogen and oxygen atoms in total. The Bertz CT molecular complexity index is 3070. The molecular weight excluding hydrogens is 749 g/mol. The molecule has 4 aliphatic rings. The van der Waals surface area contributed by atoms with Gasteiger partial charge in [0.1, 0.15) is 0 Å². The Balaban J connectivity index is 0.847. The molecule has 0 unspecified atom stereocenters.